The van der Waals surface area contributed by atoms with E-state index in [0.717, 1.165) is 14.4 Å². The van der Waals surface area contributed by atoms with Crippen molar-refractivity contribution in [2.75, 3.05) is 0 Å². The zero-order valence-corrected chi connectivity index (χ0v) is 10.5. The van der Waals surface area contributed by atoms with Crippen LogP contribution in [0.1, 0.15) is 15.4 Å². The molecule has 0 spiro atoms. The molecule has 2 aromatic heterocycles. The minimum Gasteiger partial charge on any atom is -0.293 e. The van der Waals surface area contributed by atoms with Gasteiger partial charge in [-0.1, -0.05) is 0 Å². The molecule has 2 aromatic rings. The molecule has 78 valence electrons. The Morgan fingerprint density at radius 1 is 1.53 bits per heavy atom. The van der Waals surface area contributed by atoms with E-state index in [-0.39, 0.29) is 5.78 Å². The predicted molar refractivity (Wildman–Crippen MR) is 63.3 cm³/mol. The Hall–Kier alpha value is -0.940. The molecule has 2 rings (SSSR count). The van der Waals surface area contributed by atoms with Crippen molar-refractivity contribution < 1.29 is 4.79 Å². The van der Waals surface area contributed by atoms with Gasteiger partial charge < -0.3 is 0 Å². The molecule has 0 fully saturated rings. The Kier molecular flexibility index (Phi) is 3.02. The molecule has 0 aliphatic rings. The summed E-state index contributed by atoms with van der Waals surface area (Å²) in [5.41, 5.74) is 0.812. The fourth-order valence-electron chi connectivity index (χ4n) is 1.27. The molecular formula is C10H9BrN2OS. The van der Waals surface area contributed by atoms with Crippen LogP contribution >= 0.6 is 27.3 Å². The normalized spacial score (nSPS) is 10.5. The fourth-order valence-corrected chi connectivity index (χ4v) is 2.60. The number of Topliss-reactive ketones (excluding diaryl/α,β-unsaturated/α-hetero) is 1. The second-order valence-electron chi connectivity index (χ2n) is 3.18. The van der Waals surface area contributed by atoms with Crippen LogP contribution in [-0.4, -0.2) is 15.6 Å². The number of hydrogen-bond acceptors (Lipinski definition) is 3. The van der Waals surface area contributed by atoms with Gasteiger partial charge in [0.05, 0.1) is 20.8 Å². The summed E-state index contributed by atoms with van der Waals surface area (Å²) in [5.74, 6) is 0.115. The zero-order valence-electron chi connectivity index (χ0n) is 8.11. The van der Waals surface area contributed by atoms with Crippen LogP contribution in [0.5, 0.6) is 0 Å². The number of ketones is 1. The Balaban J connectivity index is 2.10. The highest BCUT2D eigenvalue weighted by atomic mass is 79.9. The molecule has 3 nitrogen and oxygen atoms in total. The van der Waals surface area contributed by atoms with E-state index in [0.29, 0.717) is 6.42 Å². The monoisotopic (exact) mass is 284 g/mol. The summed E-state index contributed by atoms with van der Waals surface area (Å²) in [5, 5.41) is 4.17. The Labute approximate surface area is 99.9 Å². The van der Waals surface area contributed by atoms with E-state index in [1.54, 1.807) is 4.68 Å². The molecular weight excluding hydrogens is 276 g/mol. The van der Waals surface area contributed by atoms with Crippen molar-refractivity contribution in [3.8, 4) is 0 Å². The number of rotatable bonds is 3. The largest absolute Gasteiger partial charge is 0.293 e. The molecule has 0 bridgehead atoms. The van der Waals surface area contributed by atoms with Crippen LogP contribution in [0.4, 0.5) is 0 Å². The summed E-state index contributed by atoms with van der Waals surface area (Å²) >= 11 is 4.79. The van der Waals surface area contributed by atoms with Gasteiger partial charge in [0.15, 0.2) is 5.78 Å². The number of nitrogens with zero attached hydrogens (tertiary/aromatic N) is 2. The van der Waals surface area contributed by atoms with Crippen LogP contribution in [0, 0.1) is 0 Å². The van der Waals surface area contributed by atoms with E-state index in [1.165, 1.54) is 11.3 Å². The van der Waals surface area contributed by atoms with Gasteiger partial charge >= 0.3 is 0 Å². The molecule has 0 saturated carbocycles. The minimum atomic E-state index is 0.115. The first kappa shape index (κ1) is 10.6. The van der Waals surface area contributed by atoms with Gasteiger partial charge in [-0.3, -0.25) is 9.48 Å². The molecule has 0 atom stereocenters. The summed E-state index contributed by atoms with van der Waals surface area (Å²) in [4.78, 5) is 12.5. The van der Waals surface area contributed by atoms with Crippen molar-refractivity contribution in [3.63, 3.8) is 0 Å². The Morgan fingerprint density at radius 3 is 2.87 bits per heavy atom. The van der Waals surface area contributed by atoms with E-state index in [4.69, 9.17) is 0 Å². The van der Waals surface area contributed by atoms with Gasteiger partial charge in [-0.05, 0) is 34.1 Å². The average Bonchev–Trinajstić information content (AvgIpc) is 2.75. The fraction of sp³-hybridized carbons (Fsp3) is 0.200. The van der Waals surface area contributed by atoms with E-state index in [2.05, 4.69) is 21.0 Å². The lowest BCUT2D eigenvalue weighted by Crippen LogP contribution is -2.02. The van der Waals surface area contributed by atoms with Crippen molar-refractivity contribution in [2.24, 2.45) is 7.05 Å². The zero-order chi connectivity index (χ0) is 10.8. The minimum absolute atomic E-state index is 0.115. The highest BCUT2D eigenvalue weighted by Gasteiger charge is 2.10. The second kappa shape index (κ2) is 4.28. The number of carbonyl (C=O) groups excluding carboxylic acids is 1. The number of halogens is 1. The third-order valence-corrected chi connectivity index (χ3v) is 3.62. The molecule has 0 unspecified atom stereocenters. The maximum Gasteiger partial charge on any atom is 0.178 e. The SMILES string of the molecule is Cn1ccc(CC(=O)c2ccc(Br)s2)n1. The number of hydrogen-bond donors (Lipinski definition) is 0. The third-order valence-electron chi connectivity index (χ3n) is 1.96. The number of aryl methyl sites for hydroxylation is 1. The van der Waals surface area contributed by atoms with E-state index < -0.39 is 0 Å². The standard InChI is InChI=1S/C10H9BrN2OS/c1-13-5-4-7(12-13)6-8(14)9-2-3-10(11)15-9/h2-5H,6H2,1H3. The average molecular weight is 285 g/mol. The number of carbonyl (C=O) groups is 1. The molecule has 0 aliphatic heterocycles. The van der Waals surface area contributed by atoms with Crippen LogP contribution < -0.4 is 0 Å². The van der Waals surface area contributed by atoms with Crippen molar-refractivity contribution in [1.29, 1.82) is 0 Å². The van der Waals surface area contributed by atoms with Gasteiger partial charge in [-0.25, -0.2) is 0 Å². The number of thiophene rings is 1. The number of aromatic nitrogens is 2. The van der Waals surface area contributed by atoms with Gasteiger partial charge in [-0.15, -0.1) is 11.3 Å². The molecule has 5 heteroatoms. The maximum atomic E-state index is 11.8. The van der Waals surface area contributed by atoms with Gasteiger partial charge in [0.25, 0.3) is 0 Å². The smallest absolute Gasteiger partial charge is 0.178 e. The van der Waals surface area contributed by atoms with Crippen molar-refractivity contribution >= 4 is 33.0 Å². The first-order valence-electron chi connectivity index (χ1n) is 4.42. The summed E-state index contributed by atoms with van der Waals surface area (Å²) in [7, 11) is 1.84. The van der Waals surface area contributed by atoms with Crippen LogP contribution in [-0.2, 0) is 13.5 Å². The molecule has 0 aliphatic carbocycles. The topological polar surface area (TPSA) is 34.9 Å². The highest BCUT2D eigenvalue weighted by molar-refractivity contribution is 9.11. The molecule has 0 radical (unpaired) electrons. The molecule has 15 heavy (non-hydrogen) atoms. The molecule has 0 N–H and O–H groups in total. The molecule has 0 amide bonds. The van der Waals surface area contributed by atoms with Gasteiger partial charge in [0, 0.05) is 13.2 Å². The second-order valence-corrected chi connectivity index (χ2v) is 5.65. The summed E-state index contributed by atoms with van der Waals surface area (Å²) in [6.07, 6.45) is 2.21. The molecule has 0 aromatic carbocycles. The molecule has 0 saturated heterocycles. The first-order valence-corrected chi connectivity index (χ1v) is 6.03. The van der Waals surface area contributed by atoms with Crippen molar-refractivity contribution in [3.05, 3.63) is 38.8 Å². The summed E-state index contributed by atoms with van der Waals surface area (Å²) in [6, 6.07) is 5.58. The predicted octanol–water partition coefficient (Wildman–Crippen LogP) is 2.67. The lowest BCUT2D eigenvalue weighted by Gasteiger charge is -1.93. The van der Waals surface area contributed by atoms with Crippen LogP contribution in [0.2, 0.25) is 0 Å². The van der Waals surface area contributed by atoms with E-state index in [1.807, 2.05) is 31.4 Å². The van der Waals surface area contributed by atoms with Gasteiger partial charge in [0.2, 0.25) is 0 Å². The van der Waals surface area contributed by atoms with E-state index in [9.17, 15) is 4.79 Å². The van der Waals surface area contributed by atoms with Gasteiger partial charge in [-0.2, -0.15) is 5.10 Å². The van der Waals surface area contributed by atoms with Crippen molar-refractivity contribution in [2.45, 2.75) is 6.42 Å². The lowest BCUT2D eigenvalue weighted by atomic mass is 10.2. The van der Waals surface area contributed by atoms with E-state index >= 15 is 0 Å². The summed E-state index contributed by atoms with van der Waals surface area (Å²) < 4.78 is 2.68. The van der Waals surface area contributed by atoms with Gasteiger partial charge in [0.1, 0.15) is 0 Å². The third kappa shape index (κ3) is 2.54. The first-order chi connectivity index (χ1) is 7.15. The maximum absolute atomic E-state index is 11.8. The van der Waals surface area contributed by atoms with Crippen LogP contribution in [0.3, 0.4) is 0 Å². The molecule has 2 heterocycles. The Bertz CT molecular complexity index is 489. The van der Waals surface area contributed by atoms with Crippen LogP contribution in [0.25, 0.3) is 0 Å². The quantitative estimate of drug-likeness (QED) is 0.813. The van der Waals surface area contributed by atoms with Crippen molar-refractivity contribution in [1.82, 2.24) is 9.78 Å². The van der Waals surface area contributed by atoms with Crippen LogP contribution in [0.15, 0.2) is 28.2 Å². The highest BCUT2D eigenvalue weighted by Crippen LogP contribution is 2.23. The summed E-state index contributed by atoms with van der Waals surface area (Å²) in [6.45, 7) is 0. The lowest BCUT2D eigenvalue weighted by molar-refractivity contribution is 0.0995. The Morgan fingerprint density at radius 2 is 2.33 bits per heavy atom.